The predicted molar refractivity (Wildman–Crippen MR) is 101 cm³/mol. The summed E-state index contributed by atoms with van der Waals surface area (Å²) in [5.74, 6) is -0.981. The van der Waals surface area contributed by atoms with Gasteiger partial charge in [-0.05, 0) is 43.2 Å². The van der Waals surface area contributed by atoms with Crippen LogP contribution >= 0.6 is 11.6 Å². The molecule has 0 aliphatic carbocycles. The zero-order valence-electron chi connectivity index (χ0n) is 14.9. The third kappa shape index (κ3) is 4.64. The Hall–Kier alpha value is -2.44. The highest BCUT2D eigenvalue weighted by Gasteiger charge is 2.24. The summed E-state index contributed by atoms with van der Waals surface area (Å²) in [6, 6.07) is 11.0. The minimum absolute atomic E-state index is 0.0385. The smallest absolute Gasteiger partial charge is 0.253 e. The first-order valence-corrected chi connectivity index (χ1v) is 9.04. The second-order valence-electron chi connectivity index (χ2n) is 6.43. The standard InChI is InChI=1S/C20H20ClFN2O3/c1-24(12-15-16(21)7-3-8-17(15)22)20(26)13-5-2-6-14(11-13)23-19(25)18-9-4-10-27-18/h2-3,5-8,11,18H,4,9-10,12H2,1H3,(H,23,25). The molecule has 1 aliphatic heterocycles. The third-order valence-corrected chi connectivity index (χ3v) is 4.76. The number of nitrogens with one attached hydrogen (secondary N) is 1. The summed E-state index contributed by atoms with van der Waals surface area (Å²) in [6.07, 6.45) is 1.10. The lowest BCUT2D eigenvalue weighted by atomic mass is 10.1. The van der Waals surface area contributed by atoms with Crippen LogP contribution in [-0.4, -0.2) is 36.5 Å². The molecule has 27 heavy (non-hydrogen) atoms. The summed E-state index contributed by atoms with van der Waals surface area (Å²) in [7, 11) is 1.57. The summed E-state index contributed by atoms with van der Waals surface area (Å²) in [5.41, 5.74) is 1.16. The maximum Gasteiger partial charge on any atom is 0.253 e. The van der Waals surface area contributed by atoms with Gasteiger partial charge in [0.2, 0.25) is 0 Å². The number of ether oxygens (including phenoxy) is 1. The van der Waals surface area contributed by atoms with E-state index in [4.69, 9.17) is 16.3 Å². The van der Waals surface area contributed by atoms with Gasteiger partial charge in [-0.25, -0.2) is 4.39 Å². The average Bonchev–Trinajstić information content (AvgIpc) is 3.19. The van der Waals surface area contributed by atoms with E-state index in [1.54, 1.807) is 37.4 Å². The Morgan fingerprint density at radius 2 is 2.07 bits per heavy atom. The van der Waals surface area contributed by atoms with Crippen molar-refractivity contribution in [3.8, 4) is 0 Å². The van der Waals surface area contributed by atoms with E-state index in [9.17, 15) is 14.0 Å². The summed E-state index contributed by atoms with van der Waals surface area (Å²) < 4.78 is 19.3. The number of amides is 2. The number of halogens is 2. The second-order valence-corrected chi connectivity index (χ2v) is 6.84. The normalized spacial score (nSPS) is 16.2. The molecule has 0 spiro atoms. The van der Waals surface area contributed by atoms with Crippen molar-refractivity contribution >= 4 is 29.1 Å². The van der Waals surface area contributed by atoms with Crippen LogP contribution in [0.1, 0.15) is 28.8 Å². The molecule has 0 aromatic heterocycles. The molecule has 5 nitrogen and oxygen atoms in total. The van der Waals surface area contributed by atoms with Gasteiger partial charge in [-0.15, -0.1) is 0 Å². The largest absolute Gasteiger partial charge is 0.368 e. The number of benzene rings is 2. The van der Waals surface area contributed by atoms with Gasteiger partial charge < -0.3 is 15.0 Å². The van der Waals surface area contributed by atoms with Gasteiger partial charge in [0.25, 0.3) is 11.8 Å². The first-order chi connectivity index (χ1) is 13.0. The minimum Gasteiger partial charge on any atom is -0.368 e. The maximum atomic E-state index is 14.0. The molecule has 0 radical (unpaired) electrons. The van der Waals surface area contributed by atoms with Crippen LogP contribution in [-0.2, 0) is 16.1 Å². The van der Waals surface area contributed by atoms with Crippen molar-refractivity contribution in [3.63, 3.8) is 0 Å². The molecule has 1 saturated heterocycles. The lowest BCUT2D eigenvalue weighted by Crippen LogP contribution is -2.28. The highest BCUT2D eigenvalue weighted by atomic mass is 35.5. The van der Waals surface area contributed by atoms with E-state index >= 15 is 0 Å². The van der Waals surface area contributed by atoms with Crippen molar-refractivity contribution < 1.29 is 18.7 Å². The van der Waals surface area contributed by atoms with Crippen LogP contribution in [0.25, 0.3) is 0 Å². The van der Waals surface area contributed by atoms with E-state index in [1.165, 1.54) is 17.0 Å². The van der Waals surface area contributed by atoms with Gasteiger partial charge in [0.15, 0.2) is 0 Å². The fourth-order valence-electron chi connectivity index (χ4n) is 2.95. The fraction of sp³-hybridized carbons (Fsp3) is 0.300. The minimum atomic E-state index is -0.459. The van der Waals surface area contributed by atoms with E-state index in [2.05, 4.69) is 5.32 Å². The molecule has 2 aromatic carbocycles. The molecule has 2 aromatic rings. The lowest BCUT2D eigenvalue weighted by Gasteiger charge is -2.19. The Kier molecular flexibility index (Phi) is 6.08. The molecule has 1 fully saturated rings. The molecule has 1 aliphatic rings. The van der Waals surface area contributed by atoms with E-state index in [1.807, 2.05) is 0 Å². The summed E-state index contributed by atoms with van der Waals surface area (Å²) in [5, 5.41) is 3.04. The molecule has 1 atom stereocenters. The Balaban J connectivity index is 1.70. The molecule has 1 N–H and O–H groups in total. The van der Waals surface area contributed by atoms with Crippen molar-refractivity contribution in [2.75, 3.05) is 19.0 Å². The Labute approximate surface area is 162 Å². The monoisotopic (exact) mass is 390 g/mol. The number of nitrogens with zero attached hydrogens (tertiary/aromatic N) is 1. The van der Waals surface area contributed by atoms with Crippen molar-refractivity contribution in [3.05, 3.63) is 64.4 Å². The zero-order valence-corrected chi connectivity index (χ0v) is 15.6. The molecule has 1 unspecified atom stereocenters. The van der Waals surface area contributed by atoms with Gasteiger partial charge in [0.1, 0.15) is 11.9 Å². The van der Waals surface area contributed by atoms with E-state index in [0.717, 1.165) is 6.42 Å². The molecule has 1 heterocycles. The summed E-state index contributed by atoms with van der Waals surface area (Å²) in [4.78, 5) is 26.2. The van der Waals surface area contributed by atoms with Crippen molar-refractivity contribution in [1.29, 1.82) is 0 Å². The highest BCUT2D eigenvalue weighted by Crippen LogP contribution is 2.22. The van der Waals surface area contributed by atoms with Crippen LogP contribution in [0.15, 0.2) is 42.5 Å². The van der Waals surface area contributed by atoms with Gasteiger partial charge in [-0.1, -0.05) is 23.7 Å². The van der Waals surface area contributed by atoms with E-state index in [-0.39, 0.29) is 28.9 Å². The summed E-state index contributed by atoms with van der Waals surface area (Å²) in [6.45, 7) is 0.622. The zero-order chi connectivity index (χ0) is 19.4. The SMILES string of the molecule is CN(Cc1c(F)cccc1Cl)C(=O)c1cccc(NC(=O)C2CCCO2)c1. The maximum absolute atomic E-state index is 14.0. The van der Waals surface area contributed by atoms with Crippen molar-refractivity contribution in [1.82, 2.24) is 4.90 Å². The van der Waals surface area contributed by atoms with Crippen LogP contribution in [0.5, 0.6) is 0 Å². The predicted octanol–water partition coefficient (Wildman–Crippen LogP) is 3.87. The lowest BCUT2D eigenvalue weighted by molar-refractivity contribution is -0.124. The van der Waals surface area contributed by atoms with Gasteiger partial charge in [0.05, 0.1) is 0 Å². The number of carbonyl (C=O) groups is 2. The molecule has 3 rings (SSSR count). The quantitative estimate of drug-likeness (QED) is 0.843. The number of hydrogen-bond acceptors (Lipinski definition) is 3. The molecule has 142 valence electrons. The van der Waals surface area contributed by atoms with Crippen LogP contribution in [0.2, 0.25) is 5.02 Å². The number of anilines is 1. The number of rotatable bonds is 5. The van der Waals surface area contributed by atoms with Crippen LogP contribution in [0.3, 0.4) is 0 Å². The van der Waals surface area contributed by atoms with Gasteiger partial charge >= 0.3 is 0 Å². The average molecular weight is 391 g/mol. The van der Waals surface area contributed by atoms with Gasteiger partial charge in [-0.2, -0.15) is 0 Å². The number of carbonyl (C=O) groups excluding carboxylic acids is 2. The fourth-order valence-corrected chi connectivity index (χ4v) is 3.17. The molecular weight excluding hydrogens is 371 g/mol. The van der Waals surface area contributed by atoms with Crippen LogP contribution < -0.4 is 5.32 Å². The molecule has 0 bridgehead atoms. The van der Waals surface area contributed by atoms with Crippen molar-refractivity contribution in [2.24, 2.45) is 0 Å². The topological polar surface area (TPSA) is 58.6 Å². The molecule has 2 amide bonds. The first-order valence-electron chi connectivity index (χ1n) is 8.66. The molecule has 0 saturated carbocycles. The van der Waals surface area contributed by atoms with Crippen LogP contribution in [0, 0.1) is 5.82 Å². The van der Waals surface area contributed by atoms with E-state index < -0.39 is 11.9 Å². The summed E-state index contributed by atoms with van der Waals surface area (Å²) >= 11 is 6.03. The van der Waals surface area contributed by atoms with Crippen molar-refractivity contribution in [2.45, 2.75) is 25.5 Å². The number of hydrogen-bond donors (Lipinski definition) is 1. The Morgan fingerprint density at radius 1 is 1.30 bits per heavy atom. The Morgan fingerprint density at radius 3 is 2.78 bits per heavy atom. The van der Waals surface area contributed by atoms with Crippen LogP contribution in [0.4, 0.5) is 10.1 Å². The van der Waals surface area contributed by atoms with E-state index in [0.29, 0.717) is 24.3 Å². The van der Waals surface area contributed by atoms with Gasteiger partial charge in [-0.3, -0.25) is 9.59 Å². The third-order valence-electron chi connectivity index (χ3n) is 4.40. The first kappa shape index (κ1) is 19.3. The Bertz CT molecular complexity index is 833. The molecular formula is C20H20ClFN2O3. The second kappa shape index (κ2) is 8.50. The highest BCUT2D eigenvalue weighted by molar-refractivity contribution is 6.31. The molecule has 7 heteroatoms. The van der Waals surface area contributed by atoms with Gasteiger partial charge in [0, 0.05) is 42.0 Å².